The van der Waals surface area contributed by atoms with Crippen LogP contribution in [0.4, 0.5) is 5.69 Å². The quantitative estimate of drug-likeness (QED) is 0.736. The van der Waals surface area contributed by atoms with Crippen LogP contribution >= 0.6 is 0 Å². The van der Waals surface area contributed by atoms with E-state index in [1.807, 2.05) is 12.1 Å². The smallest absolute Gasteiger partial charge is 0.253 e. The number of nitrogens with zero attached hydrogens (tertiary/aromatic N) is 4. The van der Waals surface area contributed by atoms with Gasteiger partial charge in [-0.25, -0.2) is 0 Å². The van der Waals surface area contributed by atoms with Crippen LogP contribution in [0.5, 0.6) is 0 Å². The highest BCUT2D eigenvalue weighted by Gasteiger charge is 2.34. The Balaban J connectivity index is 1.11. The first kappa shape index (κ1) is 23.6. The third kappa shape index (κ3) is 5.25. The van der Waals surface area contributed by atoms with Crippen molar-refractivity contribution in [2.45, 2.75) is 76.0 Å². The Labute approximate surface area is 203 Å². The topological polar surface area (TPSA) is 67.3 Å². The number of piperazine rings is 1. The van der Waals surface area contributed by atoms with Crippen molar-refractivity contribution in [3.05, 3.63) is 29.8 Å². The molecule has 0 spiro atoms. The van der Waals surface area contributed by atoms with Gasteiger partial charge in [0.05, 0.1) is 12.6 Å². The van der Waals surface area contributed by atoms with Crippen molar-refractivity contribution >= 4 is 17.5 Å². The molecular formula is C27H40N4O3. The molecule has 5 rings (SSSR count). The Morgan fingerprint density at radius 3 is 2.21 bits per heavy atom. The first-order valence-electron chi connectivity index (χ1n) is 13.4. The number of β-amino-alcohol motifs (C(OH)–C–C–N with tert-alkyl or cyclic N) is 1. The van der Waals surface area contributed by atoms with Crippen molar-refractivity contribution in [3.63, 3.8) is 0 Å². The van der Waals surface area contributed by atoms with E-state index in [1.165, 1.54) is 32.1 Å². The first-order chi connectivity index (χ1) is 16.6. The molecular weight excluding hydrogens is 428 g/mol. The lowest BCUT2D eigenvalue weighted by molar-refractivity contribution is -0.140. The van der Waals surface area contributed by atoms with E-state index in [4.69, 9.17) is 0 Å². The molecule has 2 amide bonds. The SMILES string of the molecule is O=C(c1ccc(N2CCC(N3CCN(C4CCCCC4)C(=O)C3)CC2)cc1)N1CCCC(O)C1. The fraction of sp³-hybridized carbons (Fsp3) is 0.704. The van der Waals surface area contributed by atoms with Gasteiger partial charge in [-0.05, 0) is 62.8 Å². The normalized spacial score (nSPS) is 26.2. The zero-order valence-electron chi connectivity index (χ0n) is 20.4. The summed E-state index contributed by atoms with van der Waals surface area (Å²) in [5.74, 6) is 0.350. The summed E-state index contributed by atoms with van der Waals surface area (Å²) >= 11 is 0. The van der Waals surface area contributed by atoms with Crippen molar-refractivity contribution in [1.82, 2.24) is 14.7 Å². The summed E-state index contributed by atoms with van der Waals surface area (Å²) < 4.78 is 0. The number of likely N-dealkylation sites (tertiary alicyclic amines) is 1. The number of aliphatic hydroxyl groups excluding tert-OH is 1. The van der Waals surface area contributed by atoms with Crippen LogP contribution < -0.4 is 4.90 Å². The summed E-state index contributed by atoms with van der Waals surface area (Å²) in [6, 6.07) is 8.93. The lowest BCUT2D eigenvalue weighted by atomic mass is 9.93. The van der Waals surface area contributed by atoms with Crippen LogP contribution in [0.1, 0.15) is 68.1 Å². The Kier molecular flexibility index (Phi) is 7.40. The van der Waals surface area contributed by atoms with Crippen LogP contribution in [0.25, 0.3) is 0 Å². The number of piperidine rings is 2. The van der Waals surface area contributed by atoms with Gasteiger partial charge in [-0.15, -0.1) is 0 Å². The fourth-order valence-corrected chi connectivity index (χ4v) is 6.42. The predicted molar refractivity (Wildman–Crippen MR) is 133 cm³/mol. The molecule has 1 saturated carbocycles. The maximum absolute atomic E-state index is 12.9. The number of carbonyl (C=O) groups excluding carboxylic acids is 2. The molecule has 0 aromatic heterocycles. The van der Waals surface area contributed by atoms with Gasteiger partial charge in [0.25, 0.3) is 5.91 Å². The molecule has 34 heavy (non-hydrogen) atoms. The minimum atomic E-state index is -0.399. The standard InChI is InChI=1S/C27H40N4O3/c32-25-7-4-14-30(19-25)27(34)21-8-10-22(11-9-21)28-15-12-23(13-16-28)29-17-18-31(26(33)20-29)24-5-2-1-3-6-24/h8-11,23-25,32H,1-7,12-20H2. The molecule has 1 N–H and O–H groups in total. The minimum absolute atomic E-state index is 0.0149. The maximum Gasteiger partial charge on any atom is 0.253 e. The molecule has 1 aliphatic carbocycles. The second-order valence-corrected chi connectivity index (χ2v) is 10.7. The molecule has 1 unspecified atom stereocenters. The lowest BCUT2D eigenvalue weighted by Gasteiger charge is -2.45. The summed E-state index contributed by atoms with van der Waals surface area (Å²) in [5, 5.41) is 9.87. The minimum Gasteiger partial charge on any atom is -0.391 e. The maximum atomic E-state index is 12.9. The monoisotopic (exact) mass is 468 g/mol. The fourth-order valence-electron chi connectivity index (χ4n) is 6.42. The Bertz CT molecular complexity index is 846. The molecule has 0 radical (unpaired) electrons. The van der Waals surface area contributed by atoms with Gasteiger partial charge < -0.3 is 19.8 Å². The number of hydrogen-bond donors (Lipinski definition) is 1. The molecule has 4 fully saturated rings. The van der Waals surface area contributed by atoms with Crippen LogP contribution in [0.15, 0.2) is 24.3 Å². The molecule has 1 atom stereocenters. The number of rotatable bonds is 4. The first-order valence-corrected chi connectivity index (χ1v) is 13.4. The van der Waals surface area contributed by atoms with Crippen LogP contribution in [-0.2, 0) is 4.79 Å². The van der Waals surface area contributed by atoms with Crippen LogP contribution in [-0.4, -0.2) is 95.6 Å². The molecule has 1 aromatic carbocycles. The molecule has 4 aliphatic rings. The van der Waals surface area contributed by atoms with E-state index < -0.39 is 6.10 Å². The molecule has 7 nitrogen and oxygen atoms in total. The van der Waals surface area contributed by atoms with Crippen molar-refractivity contribution in [2.75, 3.05) is 50.7 Å². The summed E-state index contributed by atoms with van der Waals surface area (Å²) in [6.07, 6.45) is 9.63. The number of benzene rings is 1. The van der Waals surface area contributed by atoms with Gasteiger partial charge in [-0.2, -0.15) is 0 Å². The van der Waals surface area contributed by atoms with Gasteiger partial charge in [-0.3, -0.25) is 14.5 Å². The molecule has 1 aromatic rings. The van der Waals surface area contributed by atoms with Gasteiger partial charge in [-0.1, -0.05) is 19.3 Å². The molecule has 7 heteroatoms. The number of hydrogen-bond acceptors (Lipinski definition) is 5. The molecule has 0 bridgehead atoms. The highest BCUT2D eigenvalue weighted by atomic mass is 16.3. The van der Waals surface area contributed by atoms with E-state index >= 15 is 0 Å². The summed E-state index contributed by atoms with van der Waals surface area (Å²) in [5.41, 5.74) is 1.86. The van der Waals surface area contributed by atoms with E-state index in [-0.39, 0.29) is 5.91 Å². The molecule has 3 saturated heterocycles. The van der Waals surface area contributed by atoms with E-state index in [1.54, 1.807) is 4.90 Å². The number of aliphatic hydroxyl groups is 1. The second-order valence-electron chi connectivity index (χ2n) is 10.7. The third-order valence-electron chi connectivity index (χ3n) is 8.45. The molecule has 3 aliphatic heterocycles. The highest BCUT2D eigenvalue weighted by Crippen LogP contribution is 2.27. The number of anilines is 1. The summed E-state index contributed by atoms with van der Waals surface area (Å²) in [4.78, 5) is 34.4. The van der Waals surface area contributed by atoms with E-state index in [9.17, 15) is 14.7 Å². The Morgan fingerprint density at radius 2 is 1.53 bits per heavy atom. The van der Waals surface area contributed by atoms with Gasteiger partial charge in [0.15, 0.2) is 0 Å². The predicted octanol–water partition coefficient (Wildman–Crippen LogP) is 2.73. The molecule has 186 valence electrons. The van der Waals surface area contributed by atoms with Crippen molar-refractivity contribution in [1.29, 1.82) is 0 Å². The van der Waals surface area contributed by atoms with Crippen LogP contribution in [0.2, 0.25) is 0 Å². The van der Waals surface area contributed by atoms with Crippen molar-refractivity contribution in [2.24, 2.45) is 0 Å². The van der Waals surface area contributed by atoms with Crippen molar-refractivity contribution < 1.29 is 14.7 Å². The number of carbonyl (C=O) groups is 2. The largest absolute Gasteiger partial charge is 0.391 e. The van der Waals surface area contributed by atoms with Crippen LogP contribution in [0, 0.1) is 0 Å². The Hall–Kier alpha value is -2.12. The highest BCUT2D eigenvalue weighted by molar-refractivity contribution is 5.94. The molecule has 3 heterocycles. The van der Waals surface area contributed by atoms with Gasteiger partial charge in [0.1, 0.15) is 0 Å². The van der Waals surface area contributed by atoms with Crippen molar-refractivity contribution in [3.8, 4) is 0 Å². The van der Waals surface area contributed by atoms with Gasteiger partial charge >= 0.3 is 0 Å². The van der Waals surface area contributed by atoms with Gasteiger partial charge in [0, 0.05) is 62.6 Å². The lowest BCUT2D eigenvalue weighted by Crippen LogP contribution is -2.58. The average Bonchev–Trinajstić information content (AvgIpc) is 2.89. The summed E-state index contributed by atoms with van der Waals surface area (Å²) in [7, 11) is 0. The van der Waals surface area contributed by atoms with E-state index in [0.29, 0.717) is 36.6 Å². The third-order valence-corrected chi connectivity index (χ3v) is 8.45. The van der Waals surface area contributed by atoms with Crippen LogP contribution in [0.3, 0.4) is 0 Å². The van der Waals surface area contributed by atoms with E-state index in [2.05, 4.69) is 26.8 Å². The zero-order chi connectivity index (χ0) is 23.5. The van der Waals surface area contributed by atoms with Gasteiger partial charge in [0.2, 0.25) is 5.91 Å². The Morgan fingerprint density at radius 1 is 0.794 bits per heavy atom. The average molecular weight is 469 g/mol. The zero-order valence-corrected chi connectivity index (χ0v) is 20.4. The summed E-state index contributed by atoms with van der Waals surface area (Å²) in [6.45, 7) is 5.61. The second kappa shape index (κ2) is 10.6. The number of amides is 2. The van der Waals surface area contributed by atoms with E-state index in [0.717, 1.165) is 64.1 Å².